The fourth-order valence-electron chi connectivity index (χ4n) is 2.47. The molecule has 5 heteroatoms. The van der Waals surface area contributed by atoms with Gasteiger partial charge in [0.1, 0.15) is 0 Å². The Bertz CT molecular complexity index is 748. The highest BCUT2D eigenvalue weighted by Gasteiger charge is 2.20. The number of fused-ring (bicyclic) bond motifs is 1. The summed E-state index contributed by atoms with van der Waals surface area (Å²) in [6.45, 7) is 3.21. The minimum absolute atomic E-state index is 0.226. The second-order valence-electron chi connectivity index (χ2n) is 4.85. The first kappa shape index (κ1) is 15.7. The van der Waals surface area contributed by atoms with Crippen LogP contribution >= 0.6 is 54.5 Å². The molecule has 110 valence electrons. The Morgan fingerprint density at radius 3 is 2.76 bits per heavy atom. The molecule has 0 aliphatic heterocycles. The molecular weight excluding hydrogens is 430 g/mol. The van der Waals surface area contributed by atoms with Crippen molar-refractivity contribution in [3.8, 4) is 0 Å². The molecule has 0 saturated carbocycles. The first-order chi connectivity index (χ1) is 10.2. The van der Waals surface area contributed by atoms with Crippen LogP contribution < -0.4 is 5.32 Å². The van der Waals surface area contributed by atoms with Crippen molar-refractivity contribution in [2.24, 2.45) is 0 Å². The van der Waals surface area contributed by atoms with Gasteiger partial charge < -0.3 is 5.32 Å². The van der Waals surface area contributed by atoms with Crippen LogP contribution in [0.5, 0.6) is 0 Å². The molecule has 3 rings (SSSR count). The minimum Gasteiger partial charge on any atom is -0.306 e. The maximum atomic E-state index is 3.71. The van der Waals surface area contributed by atoms with Crippen LogP contribution in [0.25, 0.3) is 10.1 Å². The maximum absolute atomic E-state index is 3.71. The molecule has 0 aliphatic rings. The average Bonchev–Trinajstić information content (AvgIpc) is 3.06. The van der Waals surface area contributed by atoms with E-state index in [0.29, 0.717) is 0 Å². The lowest BCUT2D eigenvalue weighted by molar-refractivity contribution is 0.602. The molecule has 0 fully saturated rings. The van der Waals surface area contributed by atoms with E-state index in [0.717, 1.165) is 16.8 Å². The molecule has 3 aromatic rings. The van der Waals surface area contributed by atoms with Gasteiger partial charge in [-0.05, 0) is 78.9 Å². The van der Waals surface area contributed by atoms with Crippen molar-refractivity contribution >= 4 is 64.6 Å². The first-order valence-corrected chi connectivity index (χ1v) is 10.1. The number of hydrogen-bond acceptors (Lipinski definition) is 3. The van der Waals surface area contributed by atoms with Crippen molar-refractivity contribution in [1.29, 1.82) is 0 Å². The van der Waals surface area contributed by atoms with Crippen molar-refractivity contribution in [2.75, 3.05) is 6.54 Å². The van der Waals surface area contributed by atoms with Gasteiger partial charge in [-0.3, -0.25) is 0 Å². The number of thiophene rings is 2. The van der Waals surface area contributed by atoms with Crippen LogP contribution in [0.2, 0.25) is 0 Å². The van der Waals surface area contributed by atoms with E-state index in [1.807, 2.05) is 11.3 Å². The topological polar surface area (TPSA) is 12.0 Å². The summed E-state index contributed by atoms with van der Waals surface area (Å²) >= 11 is 10.9. The van der Waals surface area contributed by atoms with E-state index in [1.165, 1.54) is 25.0 Å². The maximum Gasteiger partial charge on any atom is 0.0761 e. The fourth-order valence-corrected chi connectivity index (χ4v) is 6.32. The number of hydrogen-bond donors (Lipinski definition) is 1. The summed E-state index contributed by atoms with van der Waals surface area (Å²) in [5, 5.41) is 7.20. The van der Waals surface area contributed by atoms with Gasteiger partial charge in [0.15, 0.2) is 0 Å². The molecule has 0 spiro atoms. The van der Waals surface area contributed by atoms with Crippen LogP contribution in [-0.2, 0) is 0 Å². The smallest absolute Gasteiger partial charge is 0.0761 e. The van der Waals surface area contributed by atoms with E-state index in [-0.39, 0.29) is 6.04 Å². The number of nitrogens with one attached hydrogen (secondary N) is 1. The number of halogens is 2. The highest BCUT2D eigenvalue weighted by molar-refractivity contribution is 9.12. The summed E-state index contributed by atoms with van der Waals surface area (Å²) < 4.78 is 3.72. The molecule has 2 aromatic heterocycles. The van der Waals surface area contributed by atoms with Gasteiger partial charge >= 0.3 is 0 Å². The highest BCUT2D eigenvalue weighted by atomic mass is 79.9. The van der Waals surface area contributed by atoms with Crippen LogP contribution in [0.4, 0.5) is 0 Å². The van der Waals surface area contributed by atoms with Crippen LogP contribution in [-0.4, -0.2) is 6.54 Å². The standard InChI is InChI=1S/C16H15Br2NS2/c1-2-7-19-14(12-9-13(17)21-16(12)18)11-5-3-4-10-6-8-20-15(10)11/h3-6,8-9,14,19H,2,7H2,1H3. The Kier molecular flexibility index (Phi) is 5.17. The van der Waals surface area contributed by atoms with Crippen molar-refractivity contribution in [3.05, 3.63) is 54.4 Å². The molecule has 0 saturated heterocycles. The van der Waals surface area contributed by atoms with E-state index in [1.54, 1.807) is 11.3 Å². The van der Waals surface area contributed by atoms with Gasteiger partial charge in [-0.1, -0.05) is 25.1 Å². The van der Waals surface area contributed by atoms with Gasteiger partial charge in [-0.25, -0.2) is 0 Å². The van der Waals surface area contributed by atoms with E-state index in [9.17, 15) is 0 Å². The molecule has 2 heterocycles. The lowest BCUT2D eigenvalue weighted by Gasteiger charge is -2.19. The van der Waals surface area contributed by atoms with Gasteiger partial charge in [-0.15, -0.1) is 22.7 Å². The normalized spacial score (nSPS) is 12.9. The van der Waals surface area contributed by atoms with Crippen molar-refractivity contribution in [1.82, 2.24) is 5.32 Å². The van der Waals surface area contributed by atoms with E-state index in [4.69, 9.17) is 0 Å². The molecular formula is C16H15Br2NS2. The molecule has 1 unspecified atom stereocenters. The number of rotatable bonds is 5. The van der Waals surface area contributed by atoms with E-state index in [2.05, 4.69) is 79.8 Å². The summed E-state index contributed by atoms with van der Waals surface area (Å²) in [5.41, 5.74) is 2.67. The van der Waals surface area contributed by atoms with Crippen molar-refractivity contribution in [2.45, 2.75) is 19.4 Å². The third-order valence-electron chi connectivity index (χ3n) is 3.41. The Morgan fingerprint density at radius 1 is 1.19 bits per heavy atom. The Hall–Kier alpha value is -0.200. The zero-order valence-corrected chi connectivity index (χ0v) is 16.3. The first-order valence-electron chi connectivity index (χ1n) is 6.85. The Balaban J connectivity index is 2.11. The molecule has 1 N–H and O–H groups in total. The van der Waals surface area contributed by atoms with E-state index >= 15 is 0 Å². The summed E-state index contributed by atoms with van der Waals surface area (Å²) in [4.78, 5) is 0. The zero-order valence-electron chi connectivity index (χ0n) is 11.5. The van der Waals surface area contributed by atoms with Crippen molar-refractivity contribution < 1.29 is 0 Å². The Morgan fingerprint density at radius 2 is 2.05 bits per heavy atom. The van der Waals surface area contributed by atoms with Crippen LogP contribution in [0.15, 0.2) is 43.3 Å². The third kappa shape index (κ3) is 3.27. The summed E-state index contributed by atoms with van der Waals surface area (Å²) in [6.07, 6.45) is 1.12. The molecule has 0 radical (unpaired) electrons. The minimum atomic E-state index is 0.226. The molecule has 1 aromatic carbocycles. The summed E-state index contributed by atoms with van der Waals surface area (Å²) in [6, 6.07) is 11.2. The molecule has 1 atom stereocenters. The Labute approximate surface area is 149 Å². The summed E-state index contributed by atoms with van der Waals surface area (Å²) in [7, 11) is 0. The number of benzene rings is 1. The summed E-state index contributed by atoms with van der Waals surface area (Å²) in [5.74, 6) is 0. The average molecular weight is 445 g/mol. The quantitative estimate of drug-likeness (QED) is 0.468. The molecule has 0 amide bonds. The van der Waals surface area contributed by atoms with Crippen LogP contribution in [0, 0.1) is 0 Å². The lowest BCUT2D eigenvalue weighted by Crippen LogP contribution is -2.23. The van der Waals surface area contributed by atoms with Gasteiger partial charge in [0.05, 0.1) is 13.6 Å². The second-order valence-corrected chi connectivity index (χ2v) is 9.52. The van der Waals surface area contributed by atoms with Gasteiger partial charge in [-0.2, -0.15) is 0 Å². The van der Waals surface area contributed by atoms with Gasteiger partial charge in [0, 0.05) is 4.70 Å². The zero-order chi connectivity index (χ0) is 14.8. The van der Waals surface area contributed by atoms with E-state index < -0.39 is 0 Å². The van der Waals surface area contributed by atoms with Crippen LogP contribution in [0.3, 0.4) is 0 Å². The molecule has 0 aliphatic carbocycles. The molecule has 21 heavy (non-hydrogen) atoms. The molecule has 1 nitrogen and oxygen atoms in total. The molecule has 0 bridgehead atoms. The van der Waals surface area contributed by atoms with Crippen molar-refractivity contribution in [3.63, 3.8) is 0 Å². The predicted octanol–water partition coefficient (Wildman–Crippen LogP) is 6.58. The monoisotopic (exact) mass is 443 g/mol. The second kappa shape index (κ2) is 6.92. The lowest BCUT2D eigenvalue weighted by atomic mass is 10.00. The van der Waals surface area contributed by atoms with Gasteiger partial charge in [0.25, 0.3) is 0 Å². The van der Waals surface area contributed by atoms with Gasteiger partial charge in [0.2, 0.25) is 0 Å². The predicted molar refractivity (Wildman–Crippen MR) is 102 cm³/mol. The highest BCUT2D eigenvalue weighted by Crippen LogP contribution is 2.40. The fraction of sp³-hybridized carbons (Fsp3) is 0.250. The SMILES string of the molecule is CCCNC(c1cc(Br)sc1Br)c1cccc2ccsc12. The van der Waals surface area contributed by atoms with Crippen LogP contribution in [0.1, 0.15) is 30.5 Å². The largest absolute Gasteiger partial charge is 0.306 e. The third-order valence-corrected chi connectivity index (χ3v) is 6.78.